The Morgan fingerprint density at radius 3 is 2.57 bits per heavy atom. The molecule has 206 valence electrons. The van der Waals surface area contributed by atoms with Crippen LogP contribution in [0.3, 0.4) is 0 Å². The maximum absolute atomic E-state index is 11.8. The van der Waals surface area contributed by atoms with Crippen molar-refractivity contribution in [1.82, 2.24) is 0 Å². The Morgan fingerprint density at radius 2 is 1.92 bits per heavy atom. The van der Waals surface area contributed by atoms with Crippen LogP contribution in [0.2, 0.25) is 0 Å². The first kappa shape index (κ1) is 28.0. The number of hydrogen-bond acceptors (Lipinski definition) is 9. The van der Waals surface area contributed by atoms with E-state index in [-0.39, 0.29) is 38.6 Å². The fourth-order valence-corrected chi connectivity index (χ4v) is 6.47. The number of fused-ring (bicyclic) bond motifs is 1. The molecule has 1 saturated carbocycles. The molecule has 3 aliphatic rings. The van der Waals surface area contributed by atoms with E-state index in [1.807, 2.05) is 12.1 Å². The van der Waals surface area contributed by atoms with Gasteiger partial charge in [0, 0.05) is 25.7 Å². The normalized spacial score (nSPS) is 37.7. The highest BCUT2D eigenvalue weighted by atomic mass is 16.7. The van der Waals surface area contributed by atoms with Crippen LogP contribution in [0.4, 0.5) is 0 Å². The minimum Gasteiger partial charge on any atom is -0.485 e. The predicted molar refractivity (Wildman–Crippen MR) is 134 cm³/mol. The van der Waals surface area contributed by atoms with Crippen molar-refractivity contribution in [3.63, 3.8) is 0 Å². The highest BCUT2D eigenvalue weighted by Crippen LogP contribution is 2.56. The van der Waals surface area contributed by atoms with Crippen molar-refractivity contribution in [2.24, 2.45) is 17.8 Å². The SMILES string of the molecule is C=CCc1ccc(O[C@@H]2O[C@H]([C@@H](O)CCCO)[C@]3(O)CC[C@@H]4[C@@H](CO)[C@@H](CCO)C=CO[C@]24[C@H]3O)cc1. The van der Waals surface area contributed by atoms with Crippen LogP contribution in [0.25, 0.3) is 0 Å². The minimum atomic E-state index is -1.84. The van der Waals surface area contributed by atoms with Gasteiger partial charge in [0.1, 0.15) is 23.6 Å². The number of allylic oxidation sites excluding steroid dienone is 2. The molecule has 1 spiro atoms. The third-order valence-electron chi connectivity index (χ3n) is 8.36. The smallest absolute Gasteiger partial charge is 0.243 e. The van der Waals surface area contributed by atoms with Gasteiger partial charge in [-0.25, -0.2) is 0 Å². The largest absolute Gasteiger partial charge is 0.485 e. The Kier molecular flexibility index (Phi) is 8.96. The minimum absolute atomic E-state index is 0.0790. The summed E-state index contributed by atoms with van der Waals surface area (Å²) in [7, 11) is 0. The topological polar surface area (TPSA) is 149 Å². The van der Waals surface area contributed by atoms with Crippen LogP contribution in [0, 0.1) is 17.8 Å². The highest BCUT2D eigenvalue weighted by molar-refractivity contribution is 5.30. The zero-order valence-electron chi connectivity index (χ0n) is 21.1. The van der Waals surface area contributed by atoms with Crippen LogP contribution >= 0.6 is 0 Å². The number of aliphatic hydroxyl groups is 6. The van der Waals surface area contributed by atoms with Gasteiger partial charge in [0.05, 0.1) is 12.4 Å². The van der Waals surface area contributed by atoms with E-state index in [2.05, 4.69) is 6.58 Å². The quantitative estimate of drug-likeness (QED) is 0.235. The Balaban J connectivity index is 1.75. The highest BCUT2D eigenvalue weighted by Gasteiger charge is 2.73. The molecule has 4 rings (SSSR count). The van der Waals surface area contributed by atoms with Gasteiger partial charge in [-0.05, 0) is 74.1 Å². The molecule has 2 aliphatic heterocycles. The Labute approximate surface area is 217 Å². The lowest BCUT2D eigenvalue weighted by atomic mass is 9.57. The third kappa shape index (κ3) is 5.06. The average Bonchev–Trinajstić information content (AvgIpc) is 3.04. The van der Waals surface area contributed by atoms with E-state index < -0.39 is 47.6 Å². The maximum atomic E-state index is 11.8. The summed E-state index contributed by atoms with van der Waals surface area (Å²) in [6.45, 7) is 3.32. The fraction of sp³-hybridized carbons (Fsp3) is 0.643. The summed E-state index contributed by atoms with van der Waals surface area (Å²) in [6.07, 6.45) is 1.91. The molecule has 0 amide bonds. The van der Waals surface area contributed by atoms with Crippen molar-refractivity contribution in [1.29, 1.82) is 0 Å². The summed E-state index contributed by atoms with van der Waals surface area (Å²) in [5, 5.41) is 63.8. The molecule has 9 heteroatoms. The summed E-state index contributed by atoms with van der Waals surface area (Å²) in [5.41, 5.74) is -2.40. The lowest BCUT2D eigenvalue weighted by molar-refractivity contribution is -0.390. The van der Waals surface area contributed by atoms with Gasteiger partial charge in [0.2, 0.25) is 11.9 Å². The number of rotatable bonds is 11. The van der Waals surface area contributed by atoms with E-state index in [9.17, 15) is 30.6 Å². The van der Waals surface area contributed by atoms with Crippen molar-refractivity contribution >= 4 is 0 Å². The molecule has 2 bridgehead atoms. The molecule has 6 N–H and O–H groups in total. The summed E-state index contributed by atoms with van der Waals surface area (Å²) >= 11 is 0. The van der Waals surface area contributed by atoms with Crippen molar-refractivity contribution in [2.45, 2.75) is 74.3 Å². The molecule has 2 fully saturated rings. The monoisotopic (exact) mass is 520 g/mol. The van der Waals surface area contributed by atoms with Gasteiger partial charge < -0.3 is 44.8 Å². The van der Waals surface area contributed by atoms with Crippen LogP contribution in [0.5, 0.6) is 5.75 Å². The molecule has 0 radical (unpaired) electrons. The standard InChI is InChI=1S/C28H40O9/c1-2-4-18-6-8-20(9-7-18)36-26-28-22(21(17-31)19(11-15-30)12-16-35-28)10-13-27(34,25(28)33)24(37-26)23(32)5-3-14-29/h2,6-9,12,16,19,21-26,29-34H,1,3-5,10-11,13-15,17H2/t19-,21-,22+,23-,24+,25-,26+,27+,28+/m0/s1. The first-order chi connectivity index (χ1) is 17.8. The molecule has 9 nitrogen and oxygen atoms in total. The molecular formula is C28H40O9. The van der Waals surface area contributed by atoms with Gasteiger partial charge in [-0.2, -0.15) is 0 Å². The van der Waals surface area contributed by atoms with Crippen LogP contribution in [-0.2, 0) is 15.9 Å². The number of hydrogen-bond donors (Lipinski definition) is 6. The molecule has 1 aliphatic carbocycles. The molecule has 37 heavy (non-hydrogen) atoms. The average molecular weight is 521 g/mol. The van der Waals surface area contributed by atoms with Gasteiger partial charge in [-0.3, -0.25) is 0 Å². The van der Waals surface area contributed by atoms with Crippen LogP contribution < -0.4 is 4.74 Å². The molecule has 1 aromatic carbocycles. The Bertz CT molecular complexity index is 921. The van der Waals surface area contributed by atoms with Crippen molar-refractivity contribution in [3.05, 3.63) is 54.8 Å². The summed E-state index contributed by atoms with van der Waals surface area (Å²) in [5.74, 6) is -0.656. The Morgan fingerprint density at radius 1 is 1.16 bits per heavy atom. The third-order valence-corrected chi connectivity index (χ3v) is 8.36. The molecule has 0 unspecified atom stereocenters. The van der Waals surface area contributed by atoms with E-state index in [1.54, 1.807) is 24.3 Å². The summed E-state index contributed by atoms with van der Waals surface area (Å²) in [4.78, 5) is 0. The first-order valence-corrected chi connectivity index (χ1v) is 13.1. The van der Waals surface area contributed by atoms with E-state index in [0.717, 1.165) is 5.56 Å². The van der Waals surface area contributed by atoms with E-state index in [0.29, 0.717) is 31.4 Å². The molecule has 2 heterocycles. The van der Waals surface area contributed by atoms with Gasteiger partial charge in [0.15, 0.2) is 0 Å². The number of benzene rings is 1. The van der Waals surface area contributed by atoms with Gasteiger partial charge in [0.25, 0.3) is 0 Å². The molecule has 1 aromatic rings. The molecular weight excluding hydrogens is 480 g/mol. The maximum Gasteiger partial charge on any atom is 0.243 e. The van der Waals surface area contributed by atoms with Crippen molar-refractivity contribution in [3.8, 4) is 5.75 Å². The zero-order chi connectivity index (χ0) is 26.6. The second-order valence-corrected chi connectivity index (χ2v) is 10.4. The van der Waals surface area contributed by atoms with E-state index >= 15 is 0 Å². The van der Waals surface area contributed by atoms with Crippen LogP contribution in [-0.4, -0.2) is 86.3 Å². The van der Waals surface area contributed by atoms with Crippen LogP contribution in [0.15, 0.2) is 49.3 Å². The molecule has 9 atom stereocenters. The zero-order valence-corrected chi connectivity index (χ0v) is 21.1. The lowest BCUT2D eigenvalue weighted by Gasteiger charge is -2.62. The number of ether oxygens (including phenoxy) is 3. The number of aliphatic hydroxyl groups excluding tert-OH is 5. The van der Waals surface area contributed by atoms with Crippen molar-refractivity contribution < 1.29 is 44.8 Å². The van der Waals surface area contributed by atoms with Gasteiger partial charge >= 0.3 is 0 Å². The van der Waals surface area contributed by atoms with Gasteiger partial charge in [-0.15, -0.1) is 6.58 Å². The summed E-state index contributed by atoms with van der Waals surface area (Å²) in [6, 6.07) is 7.31. The second kappa shape index (κ2) is 11.8. The van der Waals surface area contributed by atoms with Crippen molar-refractivity contribution in [2.75, 3.05) is 19.8 Å². The lowest BCUT2D eigenvalue weighted by Crippen LogP contribution is -2.80. The molecule has 1 saturated heterocycles. The molecule has 0 aromatic heterocycles. The van der Waals surface area contributed by atoms with E-state index in [1.165, 1.54) is 6.26 Å². The van der Waals surface area contributed by atoms with E-state index in [4.69, 9.17) is 14.2 Å². The predicted octanol–water partition coefficient (Wildman–Crippen LogP) is 1.04. The fourth-order valence-electron chi connectivity index (χ4n) is 6.47. The van der Waals surface area contributed by atoms with Gasteiger partial charge in [-0.1, -0.05) is 18.2 Å². The Hall–Kier alpha value is -1.98. The summed E-state index contributed by atoms with van der Waals surface area (Å²) < 4.78 is 18.8. The first-order valence-electron chi connectivity index (χ1n) is 13.1. The van der Waals surface area contributed by atoms with Crippen LogP contribution in [0.1, 0.15) is 37.7 Å². The second-order valence-electron chi connectivity index (χ2n) is 10.4.